The van der Waals surface area contributed by atoms with Gasteiger partial charge in [0.05, 0.1) is 16.4 Å². The van der Waals surface area contributed by atoms with Crippen LogP contribution in [0.1, 0.15) is 0 Å². The number of anilines is 1. The highest BCUT2D eigenvalue weighted by Gasteiger charge is 2.32. The third-order valence-electron chi connectivity index (χ3n) is 2.11. The van der Waals surface area contributed by atoms with Crippen LogP contribution < -0.4 is 15.2 Å². The largest absolute Gasteiger partial charge is 0.573 e. The van der Waals surface area contributed by atoms with Crippen molar-refractivity contribution >= 4 is 21.6 Å². The van der Waals surface area contributed by atoms with E-state index in [-0.39, 0.29) is 16.1 Å². The highest BCUT2D eigenvalue weighted by Crippen LogP contribution is 2.34. The highest BCUT2D eigenvalue weighted by atomic mass is 79.9. The fraction of sp³-hybridized carbons (Fsp3) is 0.0833. The first-order valence-corrected chi connectivity index (χ1v) is 6.07. The summed E-state index contributed by atoms with van der Waals surface area (Å²) in [7, 11) is 0. The van der Waals surface area contributed by atoms with Gasteiger partial charge in [-0.05, 0) is 40.2 Å². The van der Waals surface area contributed by atoms with E-state index in [1.807, 2.05) is 0 Å². The first kappa shape index (κ1) is 14.4. The third-order valence-corrected chi connectivity index (χ3v) is 2.73. The molecule has 4 nitrogen and oxygen atoms in total. The molecule has 0 atom stereocenters. The minimum absolute atomic E-state index is 0.114. The predicted molar refractivity (Wildman–Crippen MR) is 69.5 cm³/mol. The van der Waals surface area contributed by atoms with Crippen molar-refractivity contribution in [3.05, 3.63) is 41.0 Å². The number of hydrogen-bond acceptors (Lipinski definition) is 4. The molecule has 1 aromatic carbocycles. The second-order valence-corrected chi connectivity index (χ2v) is 4.53. The lowest BCUT2D eigenvalue weighted by molar-refractivity contribution is -0.274. The number of hydrogen-bond donors (Lipinski definition) is 1. The molecular formula is C12H8BrF3N2O2. The summed E-state index contributed by atoms with van der Waals surface area (Å²) in [6.07, 6.45) is -3.34. The average molecular weight is 349 g/mol. The van der Waals surface area contributed by atoms with Crippen LogP contribution in [0, 0.1) is 0 Å². The minimum Gasteiger partial charge on any atom is -0.439 e. The van der Waals surface area contributed by atoms with Gasteiger partial charge in [-0.15, -0.1) is 13.2 Å². The average Bonchev–Trinajstić information content (AvgIpc) is 2.34. The van der Waals surface area contributed by atoms with Gasteiger partial charge in [0.25, 0.3) is 0 Å². The number of benzene rings is 1. The molecule has 0 aliphatic carbocycles. The van der Waals surface area contributed by atoms with Gasteiger partial charge in [0.1, 0.15) is 11.5 Å². The van der Waals surface area contributed by atoms with Crippen LogP contribution in [0.5, 0.6) is 17.4 Å². The molecule has 0 fully saturated rings. The van der Waals surface area contributed by atoms with Gasteiger partial charge in [-0.1, -0.05) is 0 Å². The molecule has 0 amide bonds. The van der Waals surface area contributed by atoms with Crippen LogP contribution in [0.15, 0.2) is 41.0 Å². The fourth-order valence-electron chi connectivity index (χ4n) is 1.33. The van der Waals surface area contributed by atoms with Crippen molar-refractivity contribution in [2.45, 2.75) is 6.36 Å². The lowest BCUT2D eigenvalue weighted by Gasteiger charge is -2.11. The van der Waals surface area contributed by atoms with E-state index < -0.39 is 6.36 Å². The standard InChI is InChI=1S/C12H8BrF3N2O2/c13-9-5-8(2-3-10(9)20-12(14,15)16)19-11-4-1-7(17)6-18-11/h1-6H,17H2. The van der Waals surface area contributed by atoms with Crippen molar-refractivity contribution in [1.82, 2.24) is 4.98 Å². The van der Waals surface area contributed by atoms with Crippen LogP contribution in [-0.4, -0.2) is 11.3 Å². The normalized spacial score (nSPS) is 11.2. The summed E-state index contributed by atoms with van der Waals surface area (Å²) in [6, 6.07) is 6.97. The van der Waals surface area contributed by atoms with Crippen LogP contribution in [-0.2, 0) is 0 Å². The van der Waals surface area contributed by atoms with Crippen LogP contribution in [0.2, 0.25) is 0 Å². The Morgan fingerprint density at radius 2 is 1.90 bits per heavy atom. The van der Waals surface area contributed by atoms with Gasteiger partial charge >= 0.3 is 6.36 Å². The Morgan fingerprint density at radius 3 is 2.45 bits per heavy atom. The van der Waals surface area contributed by atoms with E-state index in [0.29, 0.717) is 11.4 Å². The maximum absolute atomic E-state index is 12.1. The monoisotopic (exact) mass is 348 g/mol. The Labute approximate surface area is 120 Å². The fourth-order valence-corrected chi connectivity index (χ4v) is 1.76. The molecule has 0 saturated heterocycles. The highest BCUT2D eigenvalue weighted by molar-refractivity contribution is 9.10. The summed E-state index contributed by atoms with van der Waals surface area (Å²) >= 11 is 2.98. The molecule has 0 bridgehead atoms. The maximum Gasteiger partial charge on any atom is 0.573 e. The van der Waals surface area contributed by atoms with E-state index in [0.717, 1.165) is 6.07 Å². The zero-order valence-corrected chi connectivity index (χ0v) is 11.4. The SMILES string of the molecule is Nc1ccc(Oc2ccc(OC(F)(F)F)c(Br)c2)nc1. The Bertz CT molecular complexity index is 603. The van der Waals surface area contributed by atoms with E-state index in [1.165, 1.54) is 18.3 Å². The number of nitrogen functional groups attached to an aromatic ring is 1. The van der Waals surface area contributed by atoms with E-state index in [2.05, 4.69) is 25.7 Å². The molecule has 0 aliphatic rings. The van der Waals surface area contributed by atoms with Gasteiger partial charge in [-0.3, -0.25) is 0 Å². The molecule has 1 aromatic heterocycles. The van der Waals surface area contributed by atoms with Gasteiger partial charge < -0.3 is 15.2 Å². The summed E-state index contributed by atoms with van der Waals surface area (Å²) in [6.45, 7) is 0. The molecule has 0 spiro atoms. The Balaban J connectivity index is 2.14. The zero-order chi connectivity index (χ0) is 14.8. The van der Waals surface area contributed by atoms with E-state index in [4.69, 9.17) is 10.5 Å². The van der Waals surface area contributed by atoms with Crippen LogP contribution in [0.3, 0.4) is 0 Å². The molecule has 0 unspecified atom stereocenters. The lowest BCUT2D eigenvalue weighted by Crippen LogP contribution is -2.17. The molecule has 20 heavy (non-hydrogen) atoms. The molecule has 8 heteroatoms. The van der Waals surface area contributed by atoms with E-state index in [9.17, 15) is 13.2 Å². The van der Waals surface area contributed by atoms with Crippen molar-refractivity contribution in [3.8, 4) is 17.4 Å². The van der Waals surface area contributed by atoms with Gasteiger partial charge in [0.15, 0.2) is 0 Å². The summed E-state index contributed by atoms with van der Waals surface area (Å²) in [4.78, 5) is 3.91. The molecule has 2 N–H and O–H groups in total. The molecule has 0 radical (unpaired) electrons. The molecule has 2 aromatic rings. The summed E-state index contributed by atoms with van der Waals surface area (Å²) < 4.78 is 45.6. The van der Waals surface area contributed by atoms with Gasteiger partial charge in [-0.25, -0.2) is 4.98 Å². The van der Waals surface area contributed by atoms with E-state index >= 15 is 0 Å². The molecule has 0 saturated carbocycles. The van der Waals surface area contributed by atoms with Crippen LogP contribution in [0.4, 0.5) is 18.9 Å². The number of rotatable bonds is 3. The summed E-state index contributed by atoms with van der Waals surface area (Å²) in [5, 5.41) is 0. The van der Waals surface area contributed by atoms with Gasteiger partial charge in [0, 0.05) is 6.07 Å². The first-order valence-electron chi connectivity index (χ1n) is 5.28. The maximum atomic E-state index is 12.1. The number of nitrogens with two attached hydrogens (primary N) is 1. The third kappa shape index (κ3) is 4.02. The Hall–Kier alpha value is -1.96. The Morgan fingerprint density at radius 1 is 1.15 bits per heavy atom. The quantitative estimate of drug-likeness (QED) is 0.906. The smallest absolute Gasteiger partial charge is 0.439 e. The van der Waals surface area contributed by atoms with Crippen molar-refractivity contribution < 1.29 is 22.6 Å². The molecule has 106 valence electrons. The molecule has 2 rings (SSSR count). The predicted octanol–water partition coefficient (Wildman–Crippen LogP) is 4.12. The molecular weight excluding hydrogens is 341 g/mol. The lowest BCUT2D eigenvalue weighted by atomic mass is 10.3. The van der Waals surface area contributed by atoms with E-state index in [1.54, 1.807) is 12.1 Å². The van der Waals surface area contributed by atoms with Crippen LogP contribution >= 0.6 is 15.9 Å². The summed E-state index contributed by atoms with van der Waals surface area (Å²) in [5.41, 5.74) is 5.95. The number of ether oxygens (including phenoxy) is 2. The van der Waals surface area contributed by atoms with Crippen LogP contribution in [0.25, 0.3) is 0 Å². The first-order chi connectivity index (χ1) is 9.33. The van der Waals surface area contributed by atoms with Crippen molar-refractivity contribution in [1.29, 1.82) is 0 Å². The topological polar surface area (TPSA) is 57.4 Å². The zero-order valence-electron chi connectivity index (χ0n) is 9.82. The van der Waals surface area contributed by atoms with Gasteiger partial charge in [0.2, 0.25) is 5.88 Å². The van der Waals surface area contributed by atoms with Gasteiger partial charge in [-0.2, -0.15) is 0 Å². The van der Waals surface area contributed by atoms with Crippen molar-refractivity contribution in [3.63, 3.8) is 0 Å². The van der Waals surface area contributed by atoms with Crippen molar-refractivity contribution in [2.24, 2.45) is 0 Å². The summed E-state index contributed by atoms with van der Waals surface area (Å²) in [5.74, 6) is 0.231. The Kier molecular flexibility index (Phi) is 4.03. The molecule has 1 heterocycles. The number of nitrogens with zero attached hydrogens (tertiary/aromatic N) is 1. The number of halogens is 4. The molecule has 0 aliphatic heterocycles. The van der Waals surface area contributed by atoms with Crippen molar-refractivity contribution in [2.75, 3.05) is 5.73 Å². The number of aromatic nitrogens is 1. The minimum atomic E-state index is -4.75. The number of alkyl halides is 3. The second kappa shape index (κ2) is 5.58. The second-order valence-electron chi connectivity index (χ2n) is 3.67. The number of pyridine rings is 1.